The van der Waals surface area contributed by atoms with Crippen LogP contribution in [-0.2, 0) is 17.3 Å². The minimum Gasteiger partial charge on any atom is -0.330 e. The van der Waals surface area contributed by atoms with E-state index in [2.05, 4.69) is 15.7 Å². The van der Waals surface area contributed by atoms with E-state index in [0.717, 1.165) is 12.1 Å². The second kappa shape index (κ2) is 7.74. The molecule has 0 radical (unpaired) electrons. The van der Waals surface area contributed by atoms with Crippen LogP contribution < -0.4 is 10.6 Å². The van der Waals surface area contributed by atoms with Gasteiger partial charge < -0.3 is 10.6 Å². The largest absolute Gasteiger partial charge is 0.330 e. The Morgan fingerprint density at radius 3 is 2.68 bits per heavy atom. The van der Waals surface area contributed by atoms with E-state index >= 15 is 0 Å². The maximum atomic E-state index is 12.1. The van der Waals surface area contributed by atoms with Gasteiger partial charge in [0.05, 0.1) is 17.9 Å². The number of urea groups is 1. The number of rotatable bonds is 6. The molecule has 0 unspecified atom stereocenters. The molecule has 0 fully saturated rings. The van der Waals surface area contributed by atoms with Gasteiger partial charge in [0.1, 0.15) is 0 Å². The van der Waals surface area contributed by atoms with Crippen LogP contribution >= 0.6 is 0 Å². The van der Waals surface area contributed by atoms with Gasteiger partial charge in [0.15, 0.2) is 0 Å². The molecule has 22 heavy (non-hydrogen) atoms. The van der Waals surface area contributed by atoms with Crippen molar-refractivity contribution in [1.29, 1.82) is 0 Å². The van der Waals surface area contributed by atoms with Gasteiger partial charge in [-0.1, -0.05) is 30.3 Å². The van der Waals surface area contributed by atoms with E-state index in [1.54, 1.807) is 23.3 Å². The van der Waals surface area contributed by atoms with Gasteiger partial charge in [0, 0.05) is 35.5 Å². The first-order chi connectivity index (χ1) is 10.6. The maximum absolute atomic E-state index is 12.1. The zero-order valence-corrected chi connectivity index (χ0v) is 13.5. The molecule has 2 rings (SSSR count). The van der Waals surface area contributed by atoms with Crippen molar-refractivity contribution in [1.82, 2.24) is 15.1 Å². The highest BCUT2D eigenvalue weighted by molar-refractivity contribution is 7.84. The van der Waals surface area contributed by atoms with Crippen molar-refractivity contribution in [2.75, 3.05) is 17.3 Å². The first kappa shape index (κ1) is 16.2. The van der Waals surface area contributed by atoms with Crippen molar-refractivity contribution in [3.63, 3.8) is 0 Å². The van der Waals surface area contributed by atoms with Crippen LogP contribution in [0.4, 0.5) is 10.5 Å². The molecule has 0 bridgehead atoms. The van der Waals surface area contributed by atoms with Gasteiger partial charge in [0.2, 0.25) is 0 Å². The van der Waals surface area contributed by atoms with Crippen molar-refractivity contribution in [3.8, 4) is 0 Å². The summed E-state index contributed by atoms with van der Waals surface area (Å²) in [6.07, 6.45) is 4.98. The number of amides is 2. The Morgan fingerprint density at radius 1 is 1.36 bits per heavy atom. The highest BCUT2D eigenvalue weighted by Crippen LogP contribution is 2.14. The number of hydrogen-bond acceptors (Lipinski definition) is 3. The Bertz CT molecular complexity index is 642. The molecule has 1 heterocycles. The van der Waals surface area contributed by atoms with Crippen LogP contribution in [0.5, 0.6) is 0 Å². The van der Waals surface area contributed by atoms with E-state index in [4.69, 9.17) is 0 Å². The van der Waals surface area contributed by atoms with Crippen LogP contribution in [0.2, 0.25) is 0 Å². The van der Waals surface area contributed by atoms with Crippen molar-refractivity contribution in [3.05, 3.63) is 48.3 Å². The maximum Gasteiger partial charge on any atom is 0.319 e. The highest BCUT2D eigenvalue weighted by Gasteiger charge is 2.16. The Hall–Kier alpha value is -2.15. The second-order valence-corrected chi connectivity index (χ2v) is 6.37. The summed E-state index contributed by atoms with van der Waals surface area (Å²) in [7, 11) is -1.02. The van der Waals surface area contributed by atoms with Gasteiger partial charge in [-0.3, -0.25) is 8.89 Å². The normalized spacial score (nSPS) is 13.4. The molecule has 0 saturated heterocycles. The average molecular weight is 320 g/mol. The highest BCUT2D eigenvalue weighted by atomic mass is 32.2. The quantitative estimate of drug-likeness (QED) is 0.856. The monoisotopic (exact) mass is 320 g/mol. The van der Waals surface area contributed by atoms with E-state index in [-0.39, 0.29) is 12.1 Å². The molecule has 0 spiro atoms. The fourth-order valence-corrected chi connectivity index (χ4v) is 2.81. The third kappa shape index (κ3) is 4.70. The smallest absolute Gasteiger partial charge is 0.319 e. The van der Waals surface area contributed by atoms with Gasteiger partial charge in [-0.25, -0.2) is 4.79 Å². The van der Waals surface area contributed by atoms with Crippen LogP contribution in [0.3, 0.4) is 0 Å². The summed E-state index contributed by atoms with van der Waals surface area (Å²) in [6.45, 7) is 2.71. The second-order valence-electron chi connectivity index (χ2n) is 4.89. The molecule has 1 aromatic heterocycles. The molecule has 0 aliphatic rings. The molecule has 0 aliphatic heterocycles. The van der Waals surface area contributed by atoms with Crippen molar-refractivity contribution in [2.24, 2.45) is 0 Å². The molecule has 2 aromatic rings. The standard InChI is InChI=1S/C15H20N4O2S/c1-3-19-10-13(9-16-19)17-15(20)18-14(11-22(2)21)12-7-5-4-6-8-12/h4-10,14H,3,11H2,1-2H3,(H2,17,18,20)/t14-,22+/m0/s1. The predicted molar refractivity (Wildman–Crippen MR) is 88.2 cm³/mol. The summed E-state index contributed by atoms with van der Waals surface area (Å²) in [4.78, 5) is 12.1. The molecular weight excluding hydrogens is 300 g/mol. The number of anilines is 1. The summed E-state index contributed by atoms with van der Waals surface area (Å²) in [5.41, 5.74) is 1.56. The molecule has 0 saturated carbocycles. The molecule has 7 heteroatoms. The number of carbonyl (C=O) groups is 1. The van der Waals surface area contributed by atoms with Gasteiger partial charge in [0.25, 0.3) is 0 Å². The van der Waals surface area contributed by atoms with Crippen LogP contribution in [0, 0.1) is 0 Å². The third-order valence-corrected chi connectivity index (χ3v) is 3.93. The van der Waals surface area contributed by atoms with E-state index < -0.39 is 10.8 Å². The Balaban J connectivity index is 2.03. The van der Waals surface area contributed by atoms with Crippen LogP contribution in [-0.4, -0.2) is 32.0 Å². The molecule has 2 amide bonds. The molecule has 6 nitrogen and oxygen atoms in total. The number of hydrogen-bond donors (Lipinski definition) is 2. The lowest BCUT2D eigenvalue weighted by atomic mass is 10.1. The molecule has 118 valence electrons. The van der Waals surface area contributed by atoms with E-state index in [1.807, 2.05) is 37.3 Å². The third-order valence-electron chi connectivity index (χ3n) is 3.12. The predicted octanol–water partition coefficient (Wildman–Crippen LogP) is 2.14. The minimum atomic E-state index is -1.02. The lowest BCUT2D eigenvalue weighted by molar-refractivity contribution is 0.249. The van der Waals surface area contributed by atoms with Crippen LogP contribution in [0.15, 0.2) is 42.7 Å². The van der Waals surface area contributed by atoms with E-state index in [0.29, 0.717) is 11.4 Å². The topological polar surface area (TPSA) is 76.0 Å². The van der Waals surface area contributed by atoms with Crippen LogP contribution in [0.1, 0.15) is 18.5 Å². The lowest BCUT2D eigenvalue weighted by Gasteiger charge is -2.18. The van der Waals surface area contributed by atoms with Crippen molar-refractivity contribution < 1.29 is 9.00 Å². The van der Waals surface area contributed by atoms with Gasteiger partial charge in [-0.2, -0.15) is 5.10 Å². The SMILES string of the molecule is CCn1cc(NC(=O)N[C@@H](C[S@@](C)=O)c2ccccc2)cn1. The fourth-order valence-electron chi connectivity index (χ4n) is 2.07. The van der Waals surface area contributed by atoms with E-state index in [9.17, 15) is 9.00 Å². The Labute approximate surface area is 132 Å². The number of nitrogens with one attached hydrogen (secondary N) is 2. The molecule has 2 N–H and O–H groups in total. The molecule has 0 aliphatic carbocycles. The van der Waals surface area contributed by atoms with Gasteiger partial charge in [-0.05, 0) is 12.5 Å². The average Bonchev–Trinajstić information content (AvgIpc) is 2.94. The minimum absolute atomic E-state index is 0.298. The van der Waals surface area contributed by atoms with E-state index in [1.165, 1.54) is 0 Å². The lowest BCUT2D eigenvalue weighted by Crippen LogP contribution is -2.35. The number of aromatic nitrogens is 2. The summed E-state index contributed by atoms with van der Waals surface area (Å²) in [5.74, 6) is 0.367. The number of carbonyl (C=O) groups excluding carboxylic acids is 1. The zero-order chi connectivity index (χ0) is 15.9. The van der Waals surface area contributed by atoms with Gasteiger partial charge >= 0.3 is 6.03 Å². The van der Waals surface area contributed by atoms with Crippen LogP contribution in [0.25, 0.3) is 0 Å². The summed E-state index contributed by atoms with van der Waals surface area (Å²) in [5, 5.41) is 9.70. The zero-order valence-electron chi connectivity index (χ0n) is 12.7. The first-order valence-electron chi connectivity index (χ1n) is 7.03. The Morgan fingerprint density at radius 2 is 2.09 bits per heavy atom. The summed E-state index contributed by atoms with van der Waals surface area (Å²) >= 11 is 0. The number of aryl methyl sites for hydroxylation is 1. The summed E-state index contributed by atoms with van der Waals surface area (Å²) in [6, 6.07) is 8.88. The van der Waals surface area contributed by atoms with Gasteiger partial charge in [-0.15, -0.1) is 0 Å². The molecular formula is C15H20N4O2S. The summed E-state index contributed by atoms with van der Waals surface area (Å²) < 4.78 is 13.3. The van der Waals surface area contributed by atoms with Crippen molar-refractivity contribution in [2.45, 2.75) is 19.5 Å². The number of nitrogens with zero attached hydrogens (tertiary/aromatic N) is 2. The fraction of sp³-hybridized carbons (Fsp3) is 0.333. The molecule has 2 atom stereocenters. The molecule has 1 aromatic carbocycles. The Kier molecular flexibility index (Phi) is 5.71. The first-order valence-corrected chi connectivity index (χ1v) is 8.76. The number of benzene rings is 1. The van der Waals surface area contributed by atoms with Crippen molar-refractivity contribution >= 4 is 22.5 Å².